The van der Waals surface area contributed by atoms with Gasteiger partial charge in [-0.05, 0) is 12.1 Å². The molecule has 0 aliphatic carbocycles. The molecule has 1 heterocycles. The molecule has 0 N–H and O–H groups in total. The van der Waals surface area contributed by atoms with E-state index in [0.717, 1.165) is 0 Å². The molecule has 1 aromatic heterocycles. The summed E-state index contributed by atoms with van der Waals surface area (Å²) < 4.78 is 24.2. The summed E-state index contributed by atoms with van der Waals surface area (Å²) in [6, 6.07) is 4.13. The van der Waals surface area contributed by atoms with Crippen LogP contribution in [0.3, 0.4) is 0 Å². The first-order chi connectivity index (χ1) is 8.60. The van der Waals surface area contributed by atoms with Crippen LogP contribution in [0.5, 0.6) is 17.4 Å². The normalized spacial score (nSPS) is 10.2. The molecule has 0 bridgehead atoms. The summed E-state index contributed by atoms with van der Waals surface area (Å²) in [5.74, 6) is 0.156. The minimum atomic E-state index is -0.432. The SMILES string of the molecule is COc1c(Cl)ncnc1Oc1cc(F)cc(Br)c1. The van der Waals surface area contributed by atoms with Crippen LogP contribution in [0.1, 0.15) is 0 Å². The number of rotatable bonds is 3. The third-order valence-electron chi connectivity index (χ3n) is 1.98. The predicted molar refractivity (Wildman–Crippen MR) is 67.8 cm³/mol. The van der Waals surface area contributed by atoms with E-state index in [9.17, 15) is 4.39 Å². The van der Waals surface area contributed by atoms with Crippen LogP contribution in [0.4, 0.5) is 4.39 Å². The van der Waals surface area contributed by atoms with Gasteiger partial charge < -0.3 is 9.47 Å². The minimum Gasteiger partial charge on any atom is -0.489 e. The van der Waals surface area contributed by atoms with Gasteiger partial charge in [0.2, 0.25) is 5.75 Å². The number of ether oxygens (including phenoxy) is 2. The van der Waals surface area contributed by atoms with Crippen molar-refractivity contribution in [1.29, 1.82) is 0 Å². The Balaban J connectivity index is 2.36. The molecule has 0 radical (unpaired) electrons. The van der Waals surface area contributed by atoms with E-state index in [4.69, 9.17) is 21.1 Å². The van der Waals surface area contributed by atoms with E-state index in [1.807, 2.05) is 0 Å². The Labute approximate surface area is 116 Å². The first-order valence-electron chi connectivity index (χ1n) is 4.78. The van der Waals surface area contributed by atoms with Gasteiger partial charge in [-0.25, -0.2) is 9.37 Å². The first kappa shape index (κ1) is 13.0. The number of nitrogens with zero attached hydrogens (tertiary/aromatic N) is 2. The van der Waals surface area contributed by atoms with Gasteiger partial charge in [-0.1, -0.05) is 27.5 Å². The maximum atomic E-state index is 13.2. The molecule has 0 fully saturated rings. The summed E-state index contributed by atoms with van der Waals surface area (Å²) in [7, 11) is 1.42. The molecular weight excluding hydrogens is 326 g/mol. The van der Waals surface area contributed by atoms with E-state index in [1.165, 1.54) is 25.6 Å². The lowest BCUT2D eigenvalue weighted by Crippen LogP contribution is -1.96. The van der Waals surface area contributed by atoms with Gasteiger partial charge in [-0.15, -0.1) is 0 Å². The zero-order chi connectivity index (χ0) is 13.1. The van der Waals surface area contributed by atoms with Crippen molar-refractivity contribution in [1.82, 2.24) is 9.97 Å². The van der Waals surface area contributed by atoms with E-state index < -0.39 is 5.82 Å². The molecule has 0 amide bonds. The quantitative estimate of drug-likeness (QED) is 0.801. The molecule has 4 nitrogen and oxygen atoms in total. The van der Waals surface area contributed by atoms with Crippen molar-refractivity contribution in [2.45, 2.75) is 0 Å². The number of hydrogen-bond donors (Lipinski definition) is 0. The molecular formula is C11H7BrClFN2O2. The summed E-state index contributed by atoms with van der Waals surface area (Å²) >= 11 is 8.99. The monoisotopic (exact) mass is 332 g/mol. The largest absolute Gasteiger partial charge is 0.489 e. The maximum Gasteiger partial charge on any atom is 0.267 e. The smallest absolute Gasteiger partial charge is 0.267 e. The van der Waals surface area contributed by atoms with Gasteiger partial charge in [-0.2, -0.15) is 4.98 Å². The van der Waals surface area contributed by atoms with Crippen LogP contribution in [0, 0.1) is 5.82 Å². The topological polar surface area (TPSA) is 44.2 Å². The molecule has 2 aromatic rings. The van der Waals surface area contributed by atoms with Crippen molar-refractivity contribution in [3.05, 3.63) is 40.0 Å². The second kappa shape index (κ2) is 5.49. The number of aromatic nitrogens is 2. The predicted octanol–water partition coefficient (Wildman–Crippen LogP) is 3.83. The van der Waals surface area contributed by atoms with Crippen molar-refractivity contribution in [2.75, 3.05) is 7.11 Å². The van der Waals surface area contributed by atoms with Crippen molar-refractivity contribution >= 4 is 27.5 Å². The summed E-state index contributed by atoms with van der Waals surface area (Å²) in [5, 5.41) is 0.123. The first-order valence-corrected chi connectivity index (χ1v) is 5.95. The summed E-state index contributed by atoms with van der Waals surface area (Å²) in [5.41, 5.74) is 0. The Morgan fingerprint density at radius 1 is 1.28 bits per heavy atom. The Morgan fingerprint density at radius 3 is 2.72 bits per heavy atom. The third-order valence-corrected chi connectivity index (χ3v) is 2.71. The van der Waals surface area contributed by atoms with Gasteiger partial charge in [0.05, 0.1) is 7.11 Å². The maximum absolute atomic E-state index is 13.2. The van der Waals surface area contributed by atoms with Crippen LogP contribution in [-0.4, -0.2) is 17.1 Å². The van der Waals surface area contributed by atoms with Crippen LogP contribution in [-0.2, 0) is 0 Å². The molecule has 0 aliphatic rings. The molecule has 1 aromatic carbocycles. The molecule has 0 aliphatic heterocycles. The van der Waals surface area contributed by atoms with E-state index in [1.54, 1.807) is 6.07 Å². The van der Waals surface area contributed by atoms with Crippen LogP contribution in [0.15, 0.2) is 29.0 Å². The van der Waals surface area contributed by atoms with Gasteiger partial charge in [0.1, 0.15) is 17.9 Å². The van der Waals surface area contributed by atoms with E-state index >= 15 is 0 Å². The van der Waals surface area contributed by atoms with Gasteiger partial charge in [0.15, 0.2) is 5.15 Å². The van der Waals surface area contributed by atoms with Crippen LogP contribution in [0.2, 0.25) is 5.15 Å². The fourth-order valence-corrected chi connectivity index (χ4v) is 1.93. The standard InChI is InChI=1S/C11H7BrClFN2O2/c1-17-9-10(13)15-5-16-11(9)18-8-3-6(12)2-7(14)4-8/h2-5H,1H3. The second-order valence-corrected chi connectivity index (χ2v) is 4.48. The molecule has 0 atom stereocenters. The summed E-state index contributed by atoms with van der Waals surface area (Å²) in [6.07, 6.45) is 1.23. The Bertz CT molecular complexity index is 563. The third kappa shape index (κ3) is 2.88. The number of hydrogen-bond acceptors (Lipinski definition) is 4. The van der Waals surface area contributed by atoms with Crippen LogP contribution >= 0.6 is 27.5 Å². The van der Waals surface area contributed by atoms with Gasteiger partial charge >= 0.3 is 0 Å². The number of halogens is 3. The fraction of sp³-hybridized carbons (Fsp3) is 0.0909. The average Bonchev–Trinajstić information content (AvgIpc) is 2.27. The number of benzene rings is 1. The highest BCUT2D eigenvalue weighted by molar-refractivity contribution is 9.10. The molecule has 0 saturated carbocycles. The molecule has 94 valence electrons. The molecule has 0 unspecified atom stereocenters. The zero-order valence-electron chi connectivity index (χ0n) is 9.15. The Hall–Kier alpha value is -1.40. The molecule has 18 heavy (non-hydrogen) atoms. The summed E-state index contributed by atoms with van der Waals surface area (Å²) in [6.45, 7) is 0. The molecule has 0 saturated heterocycles. The lowest BCUT2D eigenvalue weighted by atomic mass is 10.3. The fourth-order valence-electron chi connectivity index (χ4n) is 1.28. The van der Waals surface area contributed by atoms with Crippen LogP contribution < -0.4 is 9.47 Å². The number of methoxy groups -OCH3 is 1. The van der Waals surface area contributed by atoms with Gasteiger partial charge in [0, 0.05) is 10.5 Å². The van der Waals surface area contributed by atoms with Crippen molar-refractivity contribution in [2.24, 2.45) is 0 Å². The summed E-state index contributed by atoms with van der Waals surface area (Å²) in [4.78, 5) is 7.64. The average molecular weight is 334 g/mol. The lowest BCUT2D eigenvalue weighted by Gasteiger charge is -2.09. The molecule has 0 spiro atoms. The highest BCUT2D eigenvalue weighted by atomic mass is 79.9. The van der Waals surface area contributed by atoms with E-state index in [2.05, 4.69) is 25.9 Å². The van der Waals surface area contributed by atoms with Crippen molar-refractivity contribution in [3.8, 4) is 17.4 Å². The highest BCUT2D eigenvalue weighted by Gasteiger charge is 2.13. The van der Waals surface area contributed by atoms with E-state index in [-0.39, 0.29) is 22.5 Å². The second-order valence-electron chi connectivity index (χ2n) is 3.21. The van der Waals surface area contributed by atoms with Gasteiger partial charge in [0.25, 0.3) is 5.88 Å². The van der Waals surface area contributed by atoms with Crippen LogP contribution in [0.25, 0.3) is 0 Å². The molecule has 2 rings (SSSR count). The van der Waals surface area contributed by atoms with Crippen molar-refractivity contribution < 1.29 is 13.9 Å². The highest BCUT2D eigenvalue weighted by Crippen LogP contribution is 2.34. The van der Waals surface area contributed by atoms with Crippen molar-refractivity contribution in [3.63, 3.8) is 0 Å². The lowest BCUT2D eigenvalue weighted by molar-refractivity contribution is 0.366. The van der Waals surface area contributed by atoms with Gasteiger partial charge in [-0.3, -0.25) is 0 Å². The van der Waals surface area contributed by atoms with E-state index in [0.29, 0.717) is 4.47 Å². The zero-order valence-corrected chi connectivity index (χ0v) is 11.5. The Morgan fingerprint density at radius 2 is 2.06 bits per heavy atom. The molecule has 7 heteroatoms. The minimum absolute atomic E-state index is 0.120. The Kier molecular flexibility index (Phi) is 3.98.